The van der Waals surface area contributed by atoms with Gasteiger partial charge in [0.15, 0.2) is 0 Å². The van der Waals surface area contributed by atoms with Crippen molar-refractivity contribution in [3.8, 4) is 0 Å². The molecule has 0 saturated heterocycles. The third-order valence-corrected chi connectivity index (χ3v) is 3.09. The maximum atomic E-state index is 13.4. The van der Waals surface area contributed by atoms with Crippen LogP contribution in [0.15, 0.2) is 18.2 Å². The quantitative estimate of drug-likeness (QED) is 0.554. The summed E-state index contributed by atoms with van der Waals surface area (Å²) in [7, 11) is 0. The summed E-state index contributed by atoms with van der Waals surface area (Å²) in [5, 5.41) is 2.90. The van der Waals surface area contributed by atoms with Gasteiger partial charge in [-0.2, -0.15) is 0 Å². The van der Waals surface area contributed by atoms with Gasteiger partial charge >= 0.3 is 0 Å². The first kappa shape index (κ1) is 11.9. The second-order valence-electron chi connectivity index (χ2n) is 4.26. The molecule has 0 bridgehead atoms. The van der Waals surface area contributed by atoms with E-state index in [2.05, 4.69) is 10.7 Å². The summed E-state index contributed by atoms with van der Waals surface area (Å²) in [4.78, 5) is 12.0. The molecule has 0 heterocycles. The predicted molar refractivity (Wildman–Crippen MR) is 63.9 cm³/mol. The van der Waals surface area contributed by atoms with Gasteiger partial charge in [-0.15, -0.1) is 0 Å². The second kappa shape index (κ2) is 5.14. The Hall–Kier alpha value is -1.62. The molecule has 1 fully saturated rings. The third-order valence-electron chi connectivity index (χ3n) is 3.09. The minimum atomic E-state index is -0.522. The number of amides is 1. The molecule has 1 amide bonds. The van der Waals surface area contributed by atoms with Gasteiger partial charge in [0.05, 0.1) is 11.3 Å². The van der Waals surface area contributed by atoms with Gasteiger partial charge in [0.1, 0.15) is 5.82 Å². The zero-order valence-corrected chi connectivity index (χ0v) is 9.50. The molecule has 1 aliphatic rings. The average Bonchev–Trinajstić information content (AvgIpc) is 2.81. The van der Waals surface area contributed by atoms with E-state index in [1.807, 2.05) is 0 Å². The largest absolute Gasteiger partial charge is 0.349 e. The SMILES string of the molecule is NNc1c(F)cccc1C(=O)NC1CCCC1. The van der Waals surface area contributed by atoms with Gasteiger partial charge in [-0.05, 0) is 25.0 Å². The number of benzene rings is 1. The number of rotatable bonds is 3. The van der Waals surface area contributed by atoms with Gasteiger partial charge in [-0.1, -0.05) is 18.9 Å². The van der Waals surface area contributed by atoms with Crippen LogP contribution in [-0.2, 0) is 0 Å². The monoisotopic (exact) mass is 237 g/mol. The van der Waals surface area contributed by atoms with Crippen LogP contribution in [0, 0.1) is 5.82 Å². The Morgan fingerprint density at radius 2 is 2.06 bits per heavy atom. The fourth-order valence-corrected chi connectivity index (χ4v) is 2.19. The first-order chi connectivity index (χ1) is 8.22. The minimum absolute atomic E-state index is 0.0444. The van der Waals surface area contributed by atoms with Crippen LogP contribution in [0.1, 0.15) is 36.0 Å². The van der Waals surface area contributed by atoms with E-state index in [1.165, 1.54) is 12.1 Å². The summed E-state index contributed by atoms with van der Waals surface area (Å²) in [5.41, 5.74) is 2.53. The molecular weight excluding hydrogens is 221 g/mol. The number of nitrogens with two attached hydrogens (primary N) is 1. The molecule has 0 spiro atoms. The first-order valence-corrected chi connectivity index (χ1v) is 5.78. The van der Waals surface area contributed by atoms with Crippen molar-refractivity contribution in [3.05, 3.63) is 29.6 Å². The molecule has 2 rings (SSSR count). The van der Waals surface area contributed by atoms with E-state index in [9.17, 15) is 9.18 Å². The van der Waals surface area contributed by atoms with Crippen molar-refractivity contribution >= 4 is 11.6 Å². The fraction of sp³-hybridized carbons (Fsp3) is 0.417. The fourth-order valence-electron chi connectivity index (χ4n) is 2.19. The number of halogens is 1. The highest BCUT2D eigenvalue weighted by atomic mass is 19.1. The number of carbonyl (C=O) groups is 1. The zero-order valence-electron chi connectivity index (χ0n) is 9.50. The highest BCUT2D eigenvalue weighted by Crippen LogP contribution is 2.21. The number of carbonyl (C=O) groups excluding carboxylic acids is 1. The van der Waals surface area contributed by atoms with Gasteiger partial charge in [0, 0.05) is 6.04 Å². The number of para-hydroxylation sites is 1. The Balaban J connectivity index is 2.15. The molecule has 92 valence electrons. The van der Waals surface area contributed by atoms with Crippen molar-refractivity contribution in [1.82, 2.24) is 5.32 Å². The van der Waals surface area contributed by atoms with Crippen LogP contribution >= 0.6 is 0 Å². The summed E-state index contributed by atoms with van der Waals surface area (Å²) in [6.07, 6.45) is 4.26. The number of hydrogen-bond donors (Lipinski definition) is 3. The third kappa shape index (κ3) is 2.55. The number of hydrogen-bond acceptors (Lipinski definition) is 3. The van der Waals surface area contributed by atoms with E-state index in [-0.39, 0.29) is 23.2 Å². The Bertz CT molecular complexity index is 416. The van der Waals surface area contributed by atoms with Crippen LogP contribution in [0.2, 0.25) is 0 Å². The lowest BCUT2D eigenvalue weighted by atomic mass is 10.1. The number of hydrazine groups is 1. The van der Waals surface area contributed by atoms with E-state index in [1.54, 1.807) is 6.07 Å². The van der Waals surface area contributed by atoms with Crippen molar-refractivity contribution in [2.45, 2.75) is 31.7 Å². The minimum Gasteiger partial charge on any atom is -0.349 e. The summed E-state index contributed by atoms with van der Waals surface area (Å²) in [6, 6.07) is 4.53. The lowest BCUT2D eigenvalue weighted by Gasteiger charge is -2.14. The van der Waals surface area contributed by atoms with E-state index in [0.717, 1.165) is 25.7 Å². The van der Waals surface area contributed by atoms with Gasteiger partial charge in [-0.25, -0.2) is 4.39 Å². The predicted octanol–water partition coefficient (Wildman–Crippen LogP) is 1.78. The molecule has 5 heteroatoms. The topological polar surface area (TPSA) is 67.1 Å². The van der Waals surface area contributed by atoms with E-state index >= 15 is 0 Å². The molecule has 0 aliphatic heterocycles. The Kier molecular flexibility index (Phi) is 3.58. The lowest BCUT2D eigenvalue weighted by molar-refractivity contribution is 0.0938. The highest BCUT2D eigenvalue weighted by molar-refractivity contribution is 5.99. The summed E-state index contributed by atoms with van der Waals surface area (Å²) in [6.45, 7) is 0. The normalized spacial score (nSPS) is 15.9. The maximum absolute atomic E-state index is 13.4. The van der Waals surface area contributed by atoms with Crippen molar-refractivity contribution in [2.75, 3.05) is 5.43 Å². The molecular formula is C12H16FN3O. The molecule has 1 saturated carbocycles. The lowest BCUT2D eigenvalue weighted by Crippen LogP contribution is -2.33. The zero-order chi connectivity index (χ0) is 12.3. The van der Waals surface area contributed by atoms with Crippen LogP contribution in [0.4, 0.5) is 10.1 Å². The molecule has 0 atom stereocenters. The van der Waals surface area contributed by atoms with Crippen molar-refractivity contribution < 1.29 is 9.18 Å². The molecule has 0 unspecified atom stereocenters. The molecule has 17 heavy (non-hydrogen) atoms. The molecule has 1 aliphatic carbocycles. The average molecular weight is 237 g/mol. The van der Waals surface area contributed by atoms with E-state index < -0.39 is 5.82 Å². The Morgan fingerprint density at radius 3 is 2.71 bits per heavy atom. The molecule has 4 nitrogen and oxygen atoms in total. The van der Waals surface area contributed by atoms with Crippen LogP contribution in [0.25, 0.3) is 0 Å². The molecule has 0 aromatic heterocycles. The van der Waals surface area contributed by atoms with E-state index in [0.29, 0.717) is 0 Å². The van der Waals surface area contributed by atoms with Crippen molar-refractivity contribution in [2.24, 2.45) is 5.84 Å². The standard InChI is InChI=1S/C12H16FN3O/c13-10-7-3-6-9(11(10)16-14)12(17)15-8-4-1-2-5-8/h3,6-8,16H,1-2,4-5,14H2,(H,15,17). The van der Waals surface area contributed by atoms with E-state index in [4.69, 9.17) is 5.84 Å². The number of nitrogens with one attached hydrogen (secondary N) is 2. The van der Waals surface area contributed by atoms with Gasteiger partial charge < -0.3 is 10.7 Å². The number of anilines is 1. The van der Waals surface area contributed by atoms with Gasteiger partial charge in [-0.3, -0.25) is 10.6 Å². The van der Waals surface area contributed by atoms with Gasteiger partial charge in [0.2, 0.25) is 0 Å². The molecule has 1 aromatic carbocycles. The smallest absolute Gasteiger partial charge is 0.253 e. The summed E-state index contributed by atoms with van der Waals surface area (Å²) >= 11 is 0. The molecule has 0 radical (unpaired) electrons. The van der Waals surface area contributed by atoms with Crippen LogP contribution < -0.4 is 16.6 Å². The van der Waals surface area contributed by atoms with Gasteiger partial charge in [0.25, 0.3) is 5.91 Å². The Labute approximate surface area is 99.4 Å². The Morgan fingerprint density at radius 1 is 1.35 bits per heavy atom. The molecule has 1 aromatic rings. The maximum Gasteiger partial charge on any atom is 0.253 e. The van der Waals surface area contributed by atoms with Crippen molar-refractivity contribution in [1.29, 1.82) is 0 Å². The highest BCUT2D eigenvalue weighted by Gasteiger charge is 2.20. The second-order valence-corrected chi connectivity index (χ2v) is 4.26. The molecule has 4 N–H and O–H groups in total. The summed E-state index contributed by atoms with van der Waals surface area (Å²) in [5.74, 6) is 4.43. The summed E-state index contributed by atoms with van der Waals surface area (Å²) < 4.78 is 13.4. The first-order valence-electron chi connectivity index (χ1n) is 5.78. The van der Waals surface area contributed by atoms with Crippen LogP contribution in [0.3, 0.4) is 0 Å². The van der Waals surface area contributed by atoms with Crippen molar-refractivity contribution in [3.63, 3.8) is 0 Å². The van der Waals surface area contributed by atoms with Crippen LogP contribution in [0.5, 0.6) is 0 Å². The van der Waals surface area contributed by atoms with Crippen LogP contribution in [-0.4, -0.2) is 11.9 Å². The number of nitrogen functional groups attached to an aromatic ring is 1.